The number of thiocarbonyl (C=S) groups is 1. The molecule has 8 heteroatoms. The van der Waals surface area contributed by atoms with Crippen LogP contribution in [0.15, 0.2) is 33.3 Å². The second-order valence-electron chi connectivity index (χ2n) is 4.52. The fourth-order valence-electron chi connectivity index (χ4n) is 2.01. The van der Waals surface area contributed by atoms with Crippen LogP contribution in [0.1, 0.15) is 0 Å². The van der Waals surface area contributed by atoms with Crippen LogP contribution >= 0.6 is 12.2 Å². The van der Waals surface area contributed by atoms with E-state index in [4.69, 9.17) is 10.6 Å². The summed E-state index contributed by atoms with van der Waals surface area (Å²) in [6, 6.07) is 4.82. The molecular weight excluding hydrogens is 305 g/mol. The molecule has 1 aromatic carbocycles. The van der Waals surface area contributed by atoms with E-state index in [0.717, 1.165) is 0 Å². The Hall–Kier alpha value is -2.15. The Morgan fingerprint density at radius 1 is 1.45 bits per heavy atom. The first kappa shape index (κ1) is 16.2. The van der Waals surface area contributed by atoms with Crippen molar-refractivity contribution in [1.29, 1.82) is 0 Å². The second-order valence-corrected chi connectivity index (χ2v) is 4.70. The average molecular weight is 321 g/mol. The van der Waals surface area contributed by atoms with E-state index in [-0.39, 0.29) is 12.4 Å². The highest BCUT2D eigenvalue weighted by Gasteiger charge is 2.15. The Bertz CT molecular complexity index is 622. The van der Waals surface area contributed by atoms with E-state index in [1.807, 2.05) is 4.90 Å². The minimum atomic E-state index is -0.320. The molecule has 0 aromatic heterocycles. The predicted octanol–water partition coefficient (Wildman–Crippen LogP) is 1.78. The third-order valence-corrected chi connectivity index (χ3v) is 3.25. The van der Waals surface area contributed by atoms with Gasteiger partial charge in [0.25, 0.3) is 0 Å². The molecule has 0 saturated carbocycles. The number of aliphatic imine (C=N–C) groups is 2. The van der Waals surface area contributed by atoms with Gasteiger partial charge in [-0.2, -0.15) is 5.10 Å². The van der Waals surface area contributed by atoms with Gasteiger partial charge in [0.2, 0.25) is 0 Å². The Balaban J connectivity index is 2.09. The van der Waals surface area contributed by atoms with E-state index in [2.05, 4.69) is 32.5 Å². The highest BCUT2D eigenvalue weighted by molar-refractivity contribution is 7.78. The molecule has 1 fully saturated rings. The number of halogens is 1. The first-order valence-electron chi connectivity index (χ1n) is 6.71. The molecule has 0 aliphatic carbocycles. The van der Waals surface area contributed by atoms with E-state index >= 15 is 0 Å². The quantitative estimate of drug-likeness (QED) is 0.388. The summed E-state index contributed by atoms with van der Waals surface area (Å²) in [4.78, 5) is 9.81. The lowest BCUT2D eigenvalue weighted by Crippen LogP contribution is -2.36. The number of benzene rings is 1. The number of hydrazone groups is 1. The highest BCUT2D eigenvalue weighted by atomic mass is 32.1. The van der Waals surface area contributed by atoms with Crippen molar-refractivity contribution in [2.75, 3.05) is 37.7 Å². The number of nitrogens with zero attached hydrogens (tertiary/aromatic N) is 4. The topological polar surface area (TPSA) is 75.6 Å². The van der Waals surface area contributed by atoms with Crippen LogP contribution in [0.3, 0.4) is 0 Å². The van der Waals surface area contributed by atoms with Crippen molar-refractivity contribution in [3.05, 3.63) is 24.0 Å². The zero-order valence-corrected chi connectivity index (χ0v) is 12.7. The van der Waals surface area contributed by atoms with Gasteiger partial charge in [-0.1, -0.05) is 0 Å². The summed E-state index contributed by atoms with van der Waals surface area (Å²) in [7, 11) is 0. The number of ether oxygens (including phenoxy) is 1. The molecule has 1 aliphatic rings. The SMILES string of the molecule is NN=C(C=Nc1ccc(N2CCOCC2)c(F)c1)CN=C=S. The average Bonchev–Trinajstić information content (AvgIpc) is 2.56. The number of rotatable bonds is 5. The van der Waals surface area contributed by atoms with E-state index in [9.17, 15) is 4.39 Å². The number of nitrogens with two attached hydrogens (primary N) is 1. The Kier molecular flexibility index (Phi) is 6.14. The van der Waals surface area contributed by atoms with Gasteiger partial charge in [0, 0.05) is 19.2 Å². The molecule has 1 saturated heterocycles. The summed E-state index contributed by atoms with van der Waals surface area (Å²) in [5.74, 6) is 4.89. The molecule has 1 aliphatic heterocycles. The Morgan fingerprint density at radius 2 is 2.23 bits per heavy atom. The molecule has 1 heterocycles. The molecular formula is C14H16FN5OS. The summed E-state index contributed by atoms with van der Waals surface area (Å²) in [6.45, 7) is 2.77. The first-order chi connectivity index (χ1) is 10.7. The maximum absolute atomic E-state index is 14.2. The van der Waals surface area contributed by atoms with Crippen LogP contribution in [-0.4, -0.2) is 49.9 Å². The fourth-order valence-corrected chi connectivity index (χ4v) is 2.08. The van der Waals surface area contributed by atoms with Gasteiger partial charge in [0.15, 0.2) is 0 Å². The Morgan fingerprint density at radius 3 is 2.86 bits per heavy atom. The van der Waals surface area contributed by atoms with Crippen molar-refractivity contribution < 1.29 is 9.13 Å². The van der Waals surface area contributed by atoms with Gasteiger partial charge in [-0.3, -0.25) is 4.99 Å². The standard InChI is InChI=1S/C14H16FN5OS/c15-13-7-11(18-9-12(19-16)8-17-10-22)1-2-14(13)20-3-5-21-6-4-20/h1-2,7,9H,3-6,8,16H2. The third-order valence-electron chi connectivity index (χ3n) is 3.12. The molecule has 0 atom stereocenters. The van der Waals surface area contributed by atoms with Crippen LogP contribution < -0.4 is 10.7 Å². The summed E-state index contributed by atoms with van der Waals surface area (Å²) in [5.41, 5.74) is 1.46. The van der Waals surface area contributed by atoms with Crippen LogP contribution in [0.4, 0.5) is 15.8 Å². The van der Waals surface area contributed by atoms with Crippen molar-refractivity contribution in [2.24, 2.45) is 20.9 Å². The molecule has 2 N–H and O–H groups in total. The number of morpholine rings is 1. The molecule has 0 radical (unpaired) electrons. The van der Waals surface area contributed by atoms with Crippen LogP contribution in [0.2, 0.25) is 0 Å². The van der Waals surface area contributed by atoms with Gasteiger partial charge < -0.3 is 15.5 Å². The molecule has 116 valence electrons. The number of anilines is 1. The van der Waals surface area contributed by atoms with Gasteiger partial charge in [0.1, 0.15) is 11.5 Å². The van der Waals surface area contributed by atoms with Gasteiger partial charge >= 0.3 is 0 Å². The third kappa shape index (κ3) is 4.42. The molecule has 0 amide bonds. The van der Waals surface area contributed by atoms with Crippen LogP contribution in [0.5, 0.6) is 0 Å². The molecule has 0 unspecified atom stereocenters. The summed E-state index contributed by atoms with van der Waals surface area (Å²) < 4.78 is 19.5. The summed E-state index contributed by atoms with van der Waals surface area (Å²) in [6.07, 6.45) is 1.43. The lowest BCUT2D eigenvalue weighted by Gasteiger charge is -2.29. The van der Waals surface area contributed by atoms with Crippen molar-refractivity contribution >= 4 is 40.7 Å². The summed E-state index contributed by atoms with van der Waals surface area (Å²) in [5, 5.41) is 5.74. The van der Waals surface area contributed by atoms with E-state index in [1.165, 1.54) is 12.3 Å². The van der Waals surface area contributed by atoms with Gasteiger partial charge in [-0.25, -0.2) is 9.38 Å². The maximum atomic E-state index is 14.2. The zero-order chi connectivity index (χ0) is 15.8. The van der Waals surface area contributed by atoms with Crippen molar-refractivity contribution in [3.63, 3.8) is 0 Å². The second kappa shape index (κ2) is 8.33. The van der Waals surface area contributed by atoms with Gasteiger partial charge in [0.05, 0.1) is 42.5 Å². The molecule has 0 bridgehead atoms. The minimum absolute atomic E-state index is 0.192. The van der Waals surface area contributed by atoms with Gasteiger partial charge in [-0.05, 0) is 24.4 Å². The molecule has 0 spiro atoms. The van der Waals surface area contributed by atoms with E-state index < -0.39 is 0 Å². The first-order valence-corrected chi connectivity index (χ1v) is 7.12. The molecule has 22 heavy (non-hydrogen) atoms. The van der Waals surface area contributed by atoms with Crippen molar-refractivity contribution in [3.8, 4) is 0 Å². The largest absolute Gasteiger partial charge is 0.378 e. The summed E-state index contributed by atoms with van der Waals surface area (Å²) >= 11 is 4.47. The zero-order valence-electron chi connectivity index (χ0n) is 11.9. The molecule has 1 aromatic rings. The van der Waals surface area contributed by atoms with Crippen molar-refractivity contribution in [2.45, 2.75) is 0 Å². The molecule has 2 rings (SSSR count). The van der Waals surface area contributed by atoms with E-state index in [1.54, 1.807) is 12.1 Å². The van der Waals surface area contributed by atoms with Crippen LogP contribution in [-0.2, 0) is 4.74 Å². The molecule has 6 nitrogen and oxygen atoms in total. The lowest BCUT2D eigenvalue weighted by atomic mass is 10.2. The smallest absolute Gasteiger partial charge is 0.148 e. The highest BCUT2D eigenvalue weighted by Crippen LogP contribution is 2.24. The van der Waals surface area contributed by atoms with Crippen molar-refractivity contribution in [1.82, 2.24) is 0 Å². The lowest BCUT2D eigenvalue weighted by molar-refractivity contribution is 0.122. The number of hydrogen-bond acceptors (Lipinski definition) is 7. The number of isothiocyanates is 1. The Labute approximate surface area is 133 Å². The fraction of sp³-hybridized carbons (Fsp3) is 0.357. The van der Waals surface area contributed by atoms with Gasteiger partial charge in [-0.15, -0.1) is 0 Å². The van der Waals surface area contributed by atoms with Crippen LogP contribution in [0.25, 0.3) is 0 Å². The minimum Gasteiger partial charge on any atom is -0.378 e. The van der Waals surface area contributed by atoms with Crippen LogP contribution in [0, 0.1) is 5.82 Å². The monoisotopic (exact) mass is 321 g/mol. The van der Waals surface area contributed by atoms with E-state index in [0.29, 0.717) is 43.4 Å². The number of hydrogen-bond donors (Lipinski definition) is 1. The normalized spacial score (nSPS) is 15.9. The maximum Gasteiger partial charge on any atom is 0.148 e. The predicted molar refractivity (Wildman–Crippen MR) is 89.1 cm³/mol.